The lowest BCUT2D eigenvalue weighted by molar-refractivity contribution is 0.112. The third-order valence-corrected chi connectivity index (χ3v) is 4.01. The molecule has 1 aliphatic rings. The SMILES string of the molecule is CCC1CCN(c2cccc(Cl)c2C=O)CC1. The summed E-state index contributed by atoms with van der Waals surface area (Å²) in [7, 11) is 0. The summed E-state index contributed by atoms with van der Waals surface area (Å²) in [6.45, 7) is 4.30. The van der Waals surface area contributed by atoms with Crippen molar-refractivity contribution >= 4 is 23.6 Å². The van der Waals surface area contributed by atoms with Crippen LogP contribution in [0.1, 0.15) is 36.5 Å². The van der Waals surface area contributed by atoms with E-state index in [1.54, 1.807) is 6.07 Å². The fourth-order valence-corrected chi connectivity index (χ4v) is 2.71. The van der Waals surface area contributed by atoms with E-state index in [1.165, 1.54) is 19.3 Å². The number of rotatable bonds is 3. The third-order valence-electron chi connectivity index (χ3n) is 3.68. The third kappa shape index (κ3) is 2.63. The van der Waals surface area contributed by atoms with Gasteiger partial charge in [0.05, 0.1) is 10.6 Å². The summed E-state index contributed by atoms with van der Waals surface area (Å²) in [5.74, 6) is 0.838. The van der Waals surface area contributed by atoms with Crippen molar-refractivity contribution in [3.63, 3.8) is 0 Å². The predicted octanol–water partition coefficient (Wildman–Crippen LogP) is 3.78. The van der Waals surface area contributed by atoms with E-state index < -0.39 is 0 Å². The van der Waals surface area contributed by atoms with Crippen LogP contribution >= 0.6 is 11.6 Å². The second kappa shape index (κ2) is 5.54. The molecule has 0 saturated carbocycles. The topological polar surface area (TPSA) is 20.3 Å². The van der Waals surface area contributed by atoms with E-state index in [1.807, 2.05) is 12.1 Å². The molecule has 0 spiro atoms. The second-order valence-electron chi connectivity index (χ2n) is 4.63. The van der Waals surface area contributed by atoms with Gasteiger partial charge < -0.3 is 4.90 Å². The Balaban J connectivity index is 2.18. The van der Waals surface area contributed by atoms with Crippen LogP contribution in [0.25, 0.3) is 0 Å². The van der Waals surface area contributed by atoms with Gasteiger partial charge in [-0.15, -0.1) is 0 Å². The van der Waals surface area contributed by atoms with Gasteiger partial charge in [-0.2, -0.15) is 0 Å². The van der Waals surface area contributed by atoms with E-state index in [4.69, 9.17) is 11.6 Å². The fourth-order valence-electron chi connectivity index (χ4n) is 2.50. The fraction of sp³-hybridized carbons (Fsp3) is 0.500. The number of anilines is 1. The van der Waals surface area contributed by atoms with Gasteiger partial charge in [-0.1, -0.05) is 31.0 Å². The quantitative estimate of drug-likeness (QED) is 0.762. The minimum absolute atomic E-state index is 0.551. The Hall–Kier alpha value is -1.02. The number of nitrogens with zero attached hydrogens (tertiary/aromatic N) is 1. The highest BCUT2D eigenvalue weighted by atomic mass is 35.5. The molecule has 0 radical (unpaired) electrons. The zero-order valence-corrected chi connectivity index (χ0v) is 10.9. The van der Waals surface area contributed by atoms with Gasteiger partial charge >= 0.3 is 0 Å². The van der Waals surface area contributed by atoms with Crippen LogP contribution in [0.15, 0.2) is 18.2 Å². The van der Waals surface area contributed by atoms with Crippen molar-refractivity contribution in [2.75, 3.05) is 18.0 Å². The van der Waals surface area contributed by atoms with Crippen molar-refractivity contribution in [2.24, 2.45) is 5.92 Å². The minimum Gasteiger partial charge on any atom is -0.371 e. The van der Waals surface area contributed by atoms with Gasteiger partial charge in [0.2, 0.25) is 0 Å². The molecule has 2 nitrogen and oxygen atoms in total. The summed E-state index contributed by atoms with van der Waals surface area (Å²) in [5, 5.41) is 0.551. The summed E-state index contributed by atoms with van der Waals surface area (Å²) in [6.07, 6.45) is 4.54. The molecule has 0 bridgehead atoms. The number of halogens is 1. The lowest BCUT2D eigenvalue weighted by Gasteiger charge is -2.34. The number of piperidine rings is 1. The maximum absolute atomic E-state index is 11.1. The van der Waals surface area contributed by atoms with E-state index in [9.17, 15) is 4.79 Å². The van der Waals surface area contributed by atoms with E-state index in [2.05, 4.69) is 11.8 Å². The minimum atomic E-state index is 0.551. The number of carbonyl (C=O) groups excluding carboxylic acids is 1. The molecular formula is C14H18ClNO. The standard InChI is InChI=1S/C14H18ClNO/c1-2-11-6-8-16(9-7-11)14-5-3-4-13(15)12(14)10-17/h3-5,10-11H,2,6-9H2,1H3. The molecule has 0 atom stereocenters. The molecular weight excluding hydrogens is 234 g/mol. The van der Waals surface area contributed by atoms with Crippen molar-refractivity contribution in [3.05, 3.63) is 28.8 Å². The van der Waals surface area contributed by atoms with Crippen LogP contribution in [-0.4, -0.2) is 19.4 Å². The summed E-state index contributed by atoms with van der Waals surface area (Å²) in [4.78, 5) is 13.4. The highest BCUT2D eigenvalue weighted by molar-refractivity contribution is 6.33. The molecule has 0 amide bonds. The molecule has 0 aromatic heterocycles. The summed E-state index contributed by atoms with van der Waals surface area (Å²) in [5.41, 5.74) is 1.62. The number of hydrogen-bond acceptors (Lipinski definition) is 2. The summed E-state index contributed by atoms with van der Waals surface area (Å²) >= 11 is 6.05. The average molecular weight is 252 g/mol. The van der Waals surface area contributed by atoms with Gasteiger partial charge in [0, 0.05) is 18.8 Å². The number of hydrogen-bond donors (Lipinski definition) is 0. The molecule has 1 saturated heterocycles. The van der Waals surface area contributed by atoms with Gasteiger partial charge in [0.1, 0.15) is 0 Å². The van der Waals surface area contributed by atoms with E-state index in [-0.39, 0.29) is 0 Å². The summed E-state index contributed by atoms with van der Waals surface area (Å²) in [6, 6.07) is 5.67. The van der Waals surface area contributed by atoms with E-state index in [0.717, 1.165) is 31.0 Å². The number of benzene rings is 1. The number of aldehydes is 1. The van der Waals surface area contributed by atoms with Crippen molar-refractivity contribution in [1.82, 2.24) is 0 Å². The molecule has 1 aliphatic heterocycles. The first-order valence-electron chi connectivity index (χ1n) is 6.25. The maximum Gasteiger partial charge on any atom is 0.153 e. The Bertz CT molecular complexity index is 397. The Labute approximate surface area is 108 Å². The lowest BCUT2D eigenvalue weighted by atomic mass is 9.94. The molecule has 1 heterocycles. The second-order valence-corrected chi connectivity index (χ2v) is 5.04. The first-order chi connectivity index (χ1) is 8.26. The molecule has 2 rings (SSSR count). The van der Waals surface area contributed by atoms with Crippen LogP contribution in [0.3, 0.4) is 0 Å². The van der Waals surface area contributed by atoms with Crippen molar-refractivity contribution in [2.45, 2.75) is 26.2 Å². The van der Waals surface area contributed by atoms with Gasteiger partial charge in [-0.3, -0.25) is 4.79 Å². The monoisotopic (exact) mass is 251 g/mol. The molecule has 0 unspecified atom stereocenters. The number of carbonyl (C=O) groups is 1. The van der Waals surface area contributed by atoms with Gasteiger partial charge in [0.25, 0.3) is 0 Å². The highest BCUT2D eigenvalue weighted by Gasteiger charge is 2.20. The van der Waals surface area contributed by atoms with Crippen LogP contribution in [0.2, 0.25) is 5.02 Å². The van der Waals surface area contributed by atoms with Crippen LogP contribution in [0, 0.1) is 5.92 Å². The highest BCUT2D eigenvalue weighted by Crippen LogP contribution is 2.30. The molecule has 1 fully saturated rings. The molecule has 17 heavy (non-hydrogen) atoms. The Kier molecular flexibility index (Phi) is 4.06. The van der Waals surface area contributed by atoms with E-state index in [0.29, 0.717) is 10.6 Å². The first-order valence-corrected chi connectivity index (χ1v) is 6.62. The zero-order chi connectivity index (χ0) is 12.3. The Morgan fingerprint density at radius 3 is 2.71 bits per heavy atom. The lowest BCUT2D eigenvalue weighted by Crippen LogP contribution is -2.34. The smallest absolute Gasteiger partial charge is 0.153 e. The predicted molar refractivity (Wildman–Crippen MR) is 72.1 cm³/mol. The molecule has 1 aromatic rings. The van der Waals surface area contributed by atoms with Crippen LogP contribution in [0.4, 0.5) is 5.69 Å². The molecule has 3 heteroatoms. The molecule has 92 valence electrons. The van der Waals surface area contributed by atoms with Gasteiger partial charge in [-0.25, -0.2) is 0 Å². The van der Waals surface area contributed by atoms with Crippen LogP contribution < -0.4 is 4.90 Å². The normalized spacial score (nSPS) is 17.2. The van der Waals surface area contributed by atoms with Crippen molar-refractivity contribution in [3.8, 4) is 0 Å². The largest absolute Gasteiger partial charge is 0.371 e. The average Bonchev–Trinajstić information content (AvgIpc) is 2.38. The maximum atomic E-state index is 11.1. The Morgan fingerprint density at radius 1 is 1.41 bits per heavy atom. The van der Waals surface area contributed by atoms with E-state index >= 15 is 0 Å². The van der Waals surface area contributed by atoms with Gasteiger partial charge in [0.15, 0.2) is 6.29 Å². The van der Waals surface area contributed by atoms with Crippen LogP contribution in [0.5, 0.6) is 0 Å². The molecule has 0 aliphatic carbocycles. The van der Waals surface area contributed by atoms with Crippen molar-refractivity contribution in [1.29, 1.82) is 0 Å². The Morgan fingerprint density at radius 2 is 2.12 bits per heavy atom. The summed E-state index contributed by atoms with van der Waals surface area (Å²) < 4.78 is 0. The van der Waals surface area contributed by atoms with Gasteiger partial charge in [-0.05, 0) is 30.9 Å². The van der Waals surface area contributed by atoms with Crippen molar-refractivity contribution < 1.29 is 4.79 Å². The first kappa shape index (κ1) is 12.4. The molecule has 0 N–H and O–H groups in total. The van der Waals surface area contributed by atoms with Crippen LogP contribution in [-0.2, 0) is 0 Å². The zero-order valence-electron chi connectivity index (χ0n) is 10.2. The molecule has 1 aromatic carbocycles.